The Hall–Kier alpha value is -3.87. The molecule has 0 atom stereocenters. The molecule has 34 heavy (non-hydrogen) atoms. The third-order valence-electron chi connectivity index (χ3n) is 4.62. The Kier molecular flexibility index (Phi) is 6.04. The zero-order valence-corrected chi connectivity index (χ0v) is 17.5. The van der Waals surface area contributed by atoms with Gasteiger partial charge in [0.25, 0.3) is 5.56 Å². The minimum Gasteiger partial charge on any atom is -0.325 e. The SMILES string of the molecule is O=C(Cn1cnc2c(nnn2Cc2cc(F)cc(F)c2)c1=O)Nc1ccc(Cl)c(C(F)(F)F)c1. The van der Waals surface area contributed by atoms with Crippen LogP contribution < -0.4 is 10.9 Å². The average molecular weight is 499 g/mol. The third kappa shape index (κ3) is 4.88. The van der Waals surface area contributed by atoms with Crippen LogP contribution in [0, 0.1) is 11.6 Å². The third-order valence-corrected chi connectivity index (χ3v) is 4.95. The van der Waals surface area contributed by atoms with Gasteiger partial charge in [-0.1, -0.05) is 16.8 Å². The number of anilines is 1. The maximum Gasteiger partial charge on any atom is 0.417 e. The summed E-state index contributed by atoms with van der Waals surface area (Å²) >= 11 is 5.55. The predicted molar refractivity (Wildman–Crippen MR) is 110 cm³/mol. The molecule has 0 saturated heterocycles. The van der Waals surface area contributed by atoms with E-state index in [2.05, 4.69) is 20.6 Å². The molecule has 4 rings (SSSR count). The van der Waals surface area contributed by atoms with Crippen LogP contribution in [0.4, 0.5) is 27.6 Å². The molecule has 8 nitrogen and oxygen atoms in total. The van der Waals surface area contributed by atoms with Gasteiger partial charge in [-0.2, -0.15) is 13.2 Å². The molecule has 1 amide bonds. The van der Waals surface area contributed by atoms with Gasteiger partial charge in [-0.25, -0.2) is 18.4 Å². The fourth-order valence-corrected chi connectivity index (χ4v) is 3.38. The number of aromatic nitrogens is 5. The molecule has 2 aromatic heterocycles. The van der Waals surface area contributed by atoms with E-state index in [4.69, 9.17) is 11.6 Å². The lowest BCUT2D eigenvalue weighted by atomic mass is 10.2. The van der Waals surface area contributed by atoms with Gasteiger partial charge in [0.05, 0.1) is 17.1 Å². The summed E-state index contributed by atoms with van der Waals surface area (Å²) < 4.78 is 67.8. The molecule has 4 aromatic rings. The van der Waals surface area contributed by atoms with E-state index in [0.29, 0.717) is 12.1 Å². The summed E-state index contributed by atoms with van der Waals surface area (Å²) in [5.41, 5.74) is -2.02. The van der Waals surface area contributed by atoms with Crippen LogP contribution >= 0.6 is 11.6 Å². The average Bonchev–Trinajstić information content (AvgIpc) is 3.13. The molecule has 0 spiro atoms. The van der Waals surface area contributed by atoms with Gasteiger partial charge in [0.2, 0.25) is 5.91 Å². The number of rotatable bonds is 5. The Morgan fingerprint density at radius 3 is 2.47 bits per heavy atom. The summed E-state index contributed by atoms with van der Waals surface area (Å²) in [5.74, 6) is -2.38. The number of benzene rings is 2. The lowest BCUT2D eigenvalue weighted by Gasteiger charge is -2.12. The standard InChI is InChI=1S/C20H12ClF5N6O2/c21-15-2-1-13(6-14(15)20(24,25)26)28-16(33)8-31-9-27-18-17(19(31)34)29-30-32(18)7-10-3-11(22)5-12(23)4-10/h1-6,9H,7-8H2,(H,28,33). The zero-order valence-electron chi connectivity index (χ0n) is 16.8. The zero-order chi connectivity index (χ0) is 24.6. The number of fused-ring (bicyclic) bond motifs is 1. The van der Waals surface area contributed by atoms with Crippen molar-refractivity contribution in [2.45, 2.75) is 19.3 Å². The Morgan fingerprint density at radius 2 is 1.79 bits per heavy atom. The van der Waals surface area contributed by atoms with Crippen LogP contribution in [-0.4, -0.2) is 30.5 Å². The molecule has 14 heteroatoms. The highest BCUT2D eigenvalue weighted by atomic mass is 35.5. The molecule has 0 bridgehead atoms. The number of hydrogen-bond donors (Lipinski definition) is 1. The highest BCUT2D eigenvalue weighted by Crippen LogP contribution is 2.36. The van der Waals surface area contributed by atoms with Crippen LogP contribution in [-0.2, 0) is 24.1 Å². The molecule has 2 aromatic carbocycles. The van der Waals surface area contributed by atoms with E-state index in [1.807, 2.05) is 0 Å². The van der Waals surface area contributed by atoms with Gasteiger partial charge in [-0.15, -0.1) is 5.10 Å². The molecule has 2 heterocycles. The number of nitrogens with zero attached hydrogens (tertiary/aromatic N) is 5. The predicted octanol–water partition coefficient (Wildman–Crippen LogP) is 3.63. The molecule has 0 aliphatic carbocycles. The van der Waals surface area contributed by atoms with Crippen LogP contribution in [0.5, 0.6) is 0 Å². The smallest absolute Gasteiger partial charge is 0.325 e. The molecule has 0 aliphatic heterocycles. The van der Waals surface area contributed by atoms with Gasteiger partial charge in [0.15, 0.2) is 11.2 Å². The molecular formula is C20H12ClF5N6O2. The lowest BCUT2D eigenvalue weighted by Crippen LogP contribution is -2.28. The quantitative estimate of drug-likeness (QED) is 0.424. The van der Waals surface area contributed by atoms with Crippen molar-refractivity contribution in [3.63, 3.8) is 0 Å². The first-order valence-electron chi connectivity index (χ1n) is 9.41. The molecule has 0 fully saturated rings. The van der Waals surface area contributed by atoms with Gasteiger partial charge in [-0.05, 0) is 35.9 Å². The van der Waals surface area contributed by atoms with Crippen molar-refractivity contribution in [1.82, 2.24) is 24.5 Å². The van der Waals surface area contributed by atoms with Crippen molar-refractivity contribution >= 4 is 34.4 Å². The number of amides is 1. The van der Waals surface area contributed by atoms with Crippen molar-refractivity contribution in [3.8, 4) is 0 Å². The number of carbonyl (C=O) groups excluding carboxylic acids is 1. The second kappa shape index (κ2) is 8.82. The van der Waals surface area contributed by atoms with Gasteiger partial charge in [0.1, 0.15) is 24.5 Å². The van der Waals surface area contributed by atoms with Crippen LogP contribution in [0.25, 0.3) is 11.2 Å². The van der Waals surface area contributed by atoms with E-state index >= 15 is 0 Å². The first-order chi connectivity index (χ1) is 16.0. The lowest BCUT2D eigenvalue weighted by molar-refractivity contribution is -0.137. The van der Waals surface area contributed by atoms with Crippen LogP contribution in [0.15, 0.2) is 47.5 Å². The fraction of sp³-hybridized carbons (Fsp3) is 0.150. The van der Waals surface area contributed by atoms with E-state index < -0.39 is 46.4 Å². The van der Waals surface area contributed by atoms with E-state index in [9.17, 15) is 31.5 Å². The largest absolute Gasteiger partial charge is 0.417 e. The maximum absolute atomic E-state index is 13.4. The normalized spacial score (nSPS) is 11.7. The second-order valence-corrected chi connectivity index (χ2v) is 7.52. The Bertz CT molecular complexity index is 1450. The van der Waals surface area contributed by atoms with Crippen molar-refractivity contribution in [2.75, 3.05) is 5.32 Å². The fourth-order valence-electron chi connectivity index (χ4n) is 3.16. The minimum atomic E-state index is -4.72. The molecule has 0 unspecified atom stereocenters. The second-order valence-electron chi connectivity index (χ2n) is 7.12. The summed E-state index contributed by atoms with van der Waals surface area (Å²) in [4.78, 5) is 29.0. The maximum atomic E-state index is 13.4. The number of halogens is 6. The van der Waals surface area contributed by atoms with E-state index in [1.54, 1.807) is 0 Å². The summed E-state index contributed by atoms with van der Waals surface area (Å²) in [6.07, 6.45) is -3.69. The van der Waals surface area contributed by atoms with Crippen molar-refractivity contribution in [1.29, 1.82) is 0 Å². The Balaban J connectivity index is 1.54. The first kappa shape index (κ1) is 23.3. The van der Waals surface area contributed by atoms with E-state index in [1.165, 1.54) is 6.07 Å². The Morgan fingerprint density at radius 1 is 1.09 bits per heavy atom. The molecular weight excluding hydrogens is 487 g/mol. The number of hydrogen-bond acceptors (Lipinski definition) is 5. The first-order valence-corrected chi connectivity index (χ1v) is 9.79. The topological polar surface area (TPSA) is 94.7 Å². The minimum absolute atomic E-state index is 0.0128. The summed E-state index contributed by atoms with van der Waals surface area (Å²) in [5, 5.41) is 9.21. The van der Waals surface area contributed by atoms with Gasteiger partial charge >= 0.3 is 6.18 Å². The summed E-state index contributed by atoms with van der Waals surface area (Å²) in [6.45, 7) is -0.700. The number of nitrogens with one attached hydrogen (secondary N) is 1. The Labute approximate surface area is 191 Å². The van der Waals surface area contributed by atoms with E-state index in [-0.39, 0.29) is 29.0 Å². The molecule has 0 aliphatic rings. The summed E-state index contributed by atoms with van der Waals surface area (Å²) in [7, 11) is 0. The highest BCUT2D eigenvalue weighted by Gasteiger charge is 2.33. The van der Waals surface area contributed by atoms with Crippen LogP contribution in [0.2, 0.25) is 5.02 Å². The highest BCUT2D eigenvalue weighted by molar-refractivity contribution is 6.31. The van der Waals surface area contributed by atoms with Gasteiger partial charge in [0, 0.05) is 11.8 Å². The molecule has 0 saturated carbocycles. The van der Waals surface area contributed by atoms with Crippen LogP contribution in [0.1, 0.15) is 11.1 Å². The number of carbonyl (C=O) groups is 1. The summed E-state index contributed by atoms with van der Waals surface area (Å²) in [6, 6.07) is 5.72. The van der Waals surface area contributed by atoms with E-state index in [0.717, 1.165) is 33.8 Å². The molecule has 1 N–H and O–H groups in total. The van der Waals surface area contributed by atoms with Gasteiger partial charge < -0.3 is 5.32 Å². The monoisotopic (exact) mass is 498 g/mol. The number of alkyl halides is 3. The van der Waals surface area contributed by atoms with Gasteiger partial charge in [-0.3, -0.25) is 14.2 Å². The van der Waals surface area contributed by atoms with Crippen molar-refractivity contribution in [3.05, 3.63) is 80.9 Å². The van der Waals surface area contributed by atoms with Crippen molar-refractivity contribution < 1.29 is 26.7 Å². The van der Waals surface area contributed by atoms with Crippen molar-refractivity contribution in [2.24, 2.45) is 0 Å². The molecule has 176 valence electrons. The molecule has 0 radical (unpaired) electrons. The van der Waals surface area contributed by atoms with Crippen LogP contribution in [0.3, 0.4) is 0 Å².